The van der Waals surface area contributed by atoms with E-state index in [2.05, 4.69) is 46.9 Å². The predicted molar refractivity (Wildman–Crippen MR) is 81.9 cm³/mol. The third kappa shape index (κ3) is 4.26. The molecule has 17 heavy (non-hydrogen) atoms. The molecule has 0 aliphatic heterocycles. The highest BCUT2D eigenvalue weighted by atomic mass is 79.9. The normalized spacial score (nSPS) is 10.6. The second-order valence-electron chi connectivity index (χ2n) is 4.25. The van der Waals surface area contributed by atoms with Gasteiger partial charge in [0.15, 0.2) is 0 Å². The van der Waals surface area contributed by atoms with E-state index in [0.29, 0.717) is 4.99 Å². The Morgan fingerprint density at radius 1 is 1.29 bits per heavy atom. The lowest BCUT2D eigenvalue weighted by Crippen LogP contribution is -2.28. The molecular formula is C12H18BrN3S. The first-order valence-electron chi connectivity index (χ1n) is 5.37. The quantitative estimate of drug-likeness (QED) is 0.843. The number of nitrogens with two attached hydrogens (primary N) is 1. The summed E-state index contributed by atoms with van der Waals surface area (Å²) in [5.41, 5.74) is 7.65. The first-order chi connectivity index (χ1) is 7.91. The van der Waals surface area contributed by atoms with Crippen LogP contribution in [0.25, 0.3) is 0 Å². The fraction of sp³-hybridized carbons (Fsp3) is 0.417. The number of nitrogens with zero attached hydrogens (tertiary/aromatic N) is 2. The highest BCUT2D eigenvalue weighted by Gasteiger charge is 2.07. The predicted octanol–water partition coefficient (Wildman–Crippen LogP) is 2.08. The van der Waals surface area contributed by atoms with Gasteiger partial charge < -0.3 is 15.5 Å². The van der Waals surface area contributed by atoms with E-state index in [0.717, 1.165) is 28.8 Å². The molecule has 5 heteroatoms. The van der Waals surface area contributed by atoms with Crippen molar-refractivity contribution in [3.05, 3.63) is 28.2 Å². The summed E-state index contributed by atoms with van der Waals surface area (Å²) in [6, 6.07) is 6.03. The minimum absolute atomic E-state index is 0.416. The number of hydrogen-bond acceptors (Lipinski definition) is 3. The smallest absolute Gasteiger partial charge is 0.105 e. The van der Waals surface area contributed by atoms with Gasteiger partial charge in [0.2, 0.25) is 0 Å². The number of thiocarbonyl (C=S) groups is 1. The molecule has 1 rings (SSSR count). The van der Waals surface area contributed by atoms with Crippen molar-refractivity contribution in [2.75, 3.05) is 39.1 Å². The van der Waals surface area contributed by atoms with Gasteiger partial charge in [-0.2, -0.15) is 0 Å². The van der Waals surface area contributed by atoms with Crippen molar-refractivity contribution < 1.29 is 0 Å². The van der Waals surface area contributed by atoms with Gasteiger partial charge in [-0.1, -0.05) is 12.2 Å². The molecule has 3 nitrogen and oxygen atoms in total. The summed E-state index contributed by atoms with van der Waals surface area (Å²) < 4.78 is 0.944. The van der Waals surface area contributed by atoms with Crippen LogP contribution in [0.2, 0.25) is 0 Å². The standard InChI is InChI=1S/C12H18BrN3S/c1-15(2)6-7-16(3)9-4-5-10(12(14)17)11(13)8-9/h4-5,8H,6-7H2,1-3H3,(H2,14,17). The SMILES string of the molecule is CN(C)CCN(C)c1ccc(C(N)=S)c(Br)c1. The summed E-state index contributed by atoms with van der Waals surface area (Å²) >= 11 is 8.46. The molecule has 0 aromatic heterocycles. The number of halogens is 1. The number of rotatable bonds is 5. The molecule has 0 amide bonds. The molecule has 1 aromatic rings. The van der Waals surface area contributed by atoms with E-state index in [-0.39, 0.29) is 0 Å². The first-order valence-corrected chi connectivity index (χ1v) is 6.57. The molecule has 0 spiro atoms. The van der Waals surface area contributed by atoms with Gasteiger partial charge in [0.1, 0.15) is 4.99 Å². The highest BCUT2D eigenvalue weighted by molar-refractivity contribution is 9.10. The van der Waals surface area contributed by atoms with Gasteiger partial charge in [0.05, 0.1) is 0 Å². The molecule has 0 radical (unpaired) electrons. The highest BCUT2D eigenvalue weighted by Crippen LogP contribution is 2.23. The van der Waals surface area contributed by atoms with Crippen LogP contribution in [-0.2, 0) is 0 Å². The van der Waals surface area contributed by atoms with Gasteiger partial charge in [-0.3, -0.25) is 0 Å². The van der Waals surface area contributed by atoms with Crippen LogP contribution in [0, 0.1) is 0 Å². The maximum atomic E-state index is 5.62. The van der Waals surface area contributed by atoms with Crippen molar-refractivity contribution in [1.29, 1.82) is 0 Å². The van der Waals surface area contributed by atoms with Crippen molar-refractivity contribution in [2.24, 2.45) is 5.73 Å². The van der Waals surface area contributed by atoms with Crippen molar-refractivity contribution >= 4 is 38.8 Å². The zero-order valence-electron chi connectivity index (χ0n) is 10.4. The van der Waals surface area contributed by atoms with Crippen molar-refractivity contribution in [3.63, 3.8) is 0 Å². The average Bonchev–Trinajstić information content (AvgIpc) is 2.25. The Bertz CT molecular complexity index is 407. The van der Waals surface area contributed by atoms with E-state index >= 15 is 0 Å². The Balaban J connectivity index is 2.79. The van der Waals surface area contributed by atoms with Crippen molar-refractivity contribution in [3.8, 4) is 0 Å². The van der Waals surface area contributed by atoms with E-state index in [1.807, 2.05) is 18.2 Å². The molecule has 0 unspecified atom stereocenters. The molecule has 2 N–H and O–H groups in total. The minimum Gasteiger partial charge on any atom is -0.389 e. The maximum absolute atomic E-state index is 5.62. The lowest BCUT2D eigenvalue weighted by atomic mass is 10.2. The Morgan fingerprint density at radius 2 is 1.94 bits per heavy atom. The third-order valence-corrected chi connectivity index (χ3v) is 3.42. The summed E-state index contributed by atoms with van der Waals surface area (Å²) in [7, 11) is 6.21. The monoisotopic (exact) mass is 315 g/mol. The topological polar surface area (TPSA) is 32.5 Å². The summed E-state index contributed by atoms with van der Waals surface area (Å²) in [5.74, 6) is 0. The van der Waals surface area contributed by atoms with Crippen LogP contribution in [-0.4, -0.2) is 44.1 Å². The largest absolute Gasteiger partial charge is 0.389 e. The van der Waals surface area contributed by atoms with Crippen LogP contribution in [0.1, 0.15) is 5.56 Å². The molecule has 0 atom stereocenters. The molecule has 0 saturated heterocycles. The third-order valence-electron chi connectivity index (χ3n) is 2.54. The maximum Gasteiger partial charge on any atom is 0.105 e. The Kier molecular flexibility index (Phi) is 5.36. The Morgan fingerprint density at radius 3 is 2.41 bits per heavy atom. The Labute approximate surface area is 117 Å². The summed E-state index contributed by atoms with van der Waals surface area (Å²) in [4.78, 5) is 4.78. The lowest BCUT2D eigenvalue weighted by Gasteiger charge is -2.22. The molecule has 94 valence electrons. The number of anilines is 1. The van der Waals surface area contributed by atoms with Crippen LogP contribution in [0.5, 0.6) is 0 Å². The van der Waals surface area contributed by atoms with Crippen LogP contribution in [0.3, 0.4) is 0 Å². The number of benzene rings is 1. The van der Waals surface area contributed by atoms with Gasteiger partial charge in [0, 0.05) is 35.9 Å². The second-order valence-corrected chi connectivity index (χ2v) is 5.55. The van der Waals surface area contributed by atoms with Gasteiger partial charge in [0.25, 0.3) is 0 Å². The van der Waals surface area contributed by atoms with Crippen LogP contribution >= 0.6 is 28.1 Å². The summed E-state index contributed by atoms with van der Waals surface area (Å²) in [6.07, 6.45) is 0. The summed E-state index contributed by atoms with van der Waals surface area (Å²) in [6.45, 7) is 2.00. The fourth-order valence-electron chi connectivity index (χ4n) is 1.42. The number of likely N-dealkylation sites (N-methyl/N-ethyl adjacent to an activating group) is 2. The zero-order chi connectivity index (χ0) is 13.0. The molecular weight excluding hydrogens is 298 g/mol. The van der Waals surface area contributed by atoms with Crippen molar-refractivity contribution in [2.45, 2.75) is 0 Å². The van der Waals surface area contributed by atoms with Crippen LogP contribution < -0.4 is 10.6 Å². The van der Waals surface area contributed by atoms with Gasteiger partial charge >= 0.3 is 0 Å². The molecule has 0 fully saturated rings. The first kappa shape index (κ1) is 14.4. The molecule has 0 aliphatic rings. The van der Waals surface area contributed by atoms with Gasteiger partial charge in [-0.25, -0.2) is 0 Å². The van der Waals surface area contributed by atoms with E-state index in [1.165, 1.54) is 0 Å². The zero-order valence-corrected chi connectivity index (χ0v) is 12.8. The molecule has 0 aliphatic carbocycles. The summed E-state index contributed by atoms with van der Waals surface area (Å²) in [5, 5.41) is 0. The van der Waals surface area contributed by atoms with E-state index in [1.54, 1.807) is 0 Å². The average molecular weight is 316 g/mol. The van der Waals surface area contributed by atoms with E-state index in [9.17, 15) is 0 Å². The second kappa shape index (κ2) is 6.33. The molecule has 0 saturated carbocycles. The minimum atomic E-state index is 0.416. The molecule has 0 bridgehead atoms. The molecule has 1 aromatic carbocycles. The van der Waals surface area contributed by atoms with Gasteiger partial charge in [-0.05, 0) is 48.2 Å². The van der Waals surface area contributed by atoms with Gasteiger partial charge in [-0.15, -0.1) is 0 Å². The lowest BCUT2D eigenvalue weighted by molar-refractivity contribution is 0.416. The number of hydrogen-bond donors (Lipinski definition) is 1. The molecule has 0 heterocycles. The van der Waals surface area contributed by atoms with Crippen molar-refractivity contribution in [1.82, 2.24) is 4.90 Å². The fourth-order valence-corrected chi connectivity index (χ4v) is 2.31. The van der Waals surface area contributed by atoms with Crippen LogP contribution in [0.4, 0.5) is 5.69 Å². The van der Waals surface area contributed by atoms with E-state index in [4.69, 9.17) is 18.0 Å². The van der Waals surface area contributed by atoms with Crippen LogP contribution in [0.15, 0.2) is 22.7 Å². The van der Waals surface area contributed by atoms with E-state index < -0.39 is 0 Å². The Hall–Kier alpha value is -0.650.